The van der Waals surface area contributed by atoms with E-state index in [-0.39, 0.29) is 0 Å². The lowest BCUT2D eigenvalue weighted by atomic mass is 10.0. The monoisotopic (exact) mass is 286 g/mol. The average Bonchev–Trinajstić information content (AvgIpc) is 2.32. The SMILES string of the molecule is NC(c1cccc(Cl)c1Cl)c1ncccc1Cl. The maximum atomic E-state index is 6.11. The molecule has 0 aliphatic heterocycles. The van der Waals surface area contributed by atoms with Gasteiger partial charge in [-0.05, 0) is 23.8 Å². The Bertz CT molecular complexity index is 543. The second kappa shape index (κ2) is 5.23. The highest BCUT2D eigenvalue weighted by molar-refractivity contribution is 6.42. The molecule has 2 nitrogen and oxygen atoms in total. The molecule has 0 fully saturated rings. The van der Waals surface area contributed by atoms with Crippen LogP contribution in [0.15, 0.2) is 36.5 Å². The Hall–Kier alpha value is -0.800. The molecule has 0 spiro atoms. The molecular weight excluding hydrogens is 279 g/mol. The molecule has 0 saturated heterocycles. The third kappa shape index (κ3) is 2.55. The summed E-state index contributed by atoms with van der Waals surface area (Å²) in [5, 5.41) is 1.41. The second-order valence-electron chi connectivity index (χ2n) is 3.49. The van der Waals surface area contributed by atoms with E-state index < -0.39 is 6.04 Å². The minimum Gasteiger partial charge on any atom is -0.319 e. The molecule has 0 saturated carbocycles. The van der Waals surface area contributed by atoms with Gasteiger partial charge in [0, 0.05) is 6.20 Å². The predicted octanol–water partition coefficient (Wildman–Crippen LogP) is 4.09. The van der Waals surface area contributed by atoms with Crippen molar-refractivity contribution >= 4 is 34.8 Å². The first kappa shape index (κ1) is 12.7. The summed E-state index contributed by atoms with van der Waals surface area (Å²) >= 11 is 18.1. The number of nitrogens with two attached hydrogens (primary N) is 1. The first-order valence-corrected chi connectivity index (χ1v) is 6.04. The summed E-state index contributed by atoms with van der Waals surface area (Å²) in [5.41, 5.74) is 7.39. The molecule has 1 atom stereocenters. The van der Waals surface area contributed by atoms with E-state index in [9.17, 15) is 0 Å². The Morgan fingerprint density at radius 1 is 1.00 bits per heavy atom. The van der Waals surface area contributed by atoms with Crippen molar-refractivity contribution in [3.05, 3.63) is 62.9 Å². The molecule has 1 unspecified atom stereocenters. The highest BCUT2D eigenvalue weighted by Crippen LogP contribution is 2.33. The first-order chi connectivity index (χ1) is 8.11. The topological polar surface area (TPSA) is 38.9 Å². The number of hydrogen-bond donors (Lipinski definition) is 1. The lowest BCUT2D eigenvalue weighted by molar-refractivity contribution is 0.829. The summed E-state index contributed by atoms with van der Waals surface area (Å²) in [5.74, 6) is 0. The first-order valence-electron chi connectivity index (χ1n) is 4.91. The molecule has 0 amide bonds. The van der Waals surface area contributed by atoms with Gasteiger partial charge in [-0.3, -0.25) is 4.98 Å². The fourth-order valence-corrected chi connectivity index (χ4v) is 2.20. The standard InChI is InChI=1S/C12H9Cl3N2/c13-8-4-1-3-7(10(8)15)11(16)12-9(14)5-2-6-17-12/h1-6,11H,16H2. The van der Waals surface area contributed by atoms with Gasteiger partial charge in [0.25, 0.3) is 0 Å². The molecule has 0 bridgehead atoms. The number of nitrogens with zero attached hydrogens (tertiary/aromatic N) is 1. The summed E-state index contributed by atoms with van der Waals surface area (Å²) in [4.78, 5) is 4.17. The Morgan fingerprint density at radius 2 is 1.71 bits per heavy atom. The van der Waals surface area contributed by atoms with Crippen molar-refractivity contribution in [2.45, 2.75) is 6.04 Å². The summed E-state index contributed by atoms with van der Waals surface area (Å²) in [6.07, 6.45) is 1.64. The van der Waals surface area contributed by atoms with Crippen LogP contribution in [-0.4, -0.2) is 4.98 Å². The molecule has 5 heteroatoms. The van der Waals surface area contributed by atoms with Gasteiger partial charge in [0.05, 0.1) is 26.8 Å². The fourth-order valence-electron chi connectivity index (χ4n) is 1.53. The molecule has 17 heavy (non-hydrogen) atoms. The number of hydrogen-bond acceptors (Lipinski definition) is 2. The van der Waals surface area contributed by atoms with Crippen LogP contribution in [-0.2, 0) is 0 Å². The zero-order valence-corrected chi connectivity index (χ0v) is 11.0. The maximum absolute atomic E-state index is 6.11. The van der Waals surface area contributed by atoms with Crippen LogP contribution in [0, 0.1) is 0 Å². The van der Waals surface area contributed by atoms with Crippen LogP contribution in [0.3, 0.4) is 0 Å². The van der Waals surface area contributed by atoms with Gasteiger partial charge in [0.2, 0.25) is 0 Å². The van der Waals surface area contributed by atoms with E-state index in [0.29, 0.717) is 26.3 Å². The minimum atomic E-state index is -0.491. The van der Waals surface area contributed by atoms with Crippen molar-refractivity contribution in [2.75, 3.05) is 0 Å². The van der Waals surface area contributed by atoms with Gasteiger partial charge in [-0.1, -0.05) is 46.9 Å². The van der Waals surface area contributed by atoms with Crippen LogP contribution in [0.4, 0.5) is 0 Å². The van der Waals surface area contributed by atoms with Crippen molar-refractivity contribution in [1.29, 1.82) is 0 Å². The summed E-state index contributed by atoms with van der Waals surface area (Å²) in [6, 6.07) is 8.31. The summed E-state index contributed by atoms with van der Waals surface area (Å²) < 4.78 is 0. The lowest BCUT2D eigenvalue weighted by Gasteiger charge is -2.14. The van der Waals surface area contributed by atoms with Crippen LogP contribution in [0.2, 0.25) is 15.1 Å². The largest absolute Gasteiger partial charge is 0.319 e. The third-order valence-electron chi connectivity index (χ3n) is 2.40. The quantitative estimate of drug-likeness (QED) is 0.903. The van der Waals surface area contributed by atoms with Crippen LogP contribution in [0.1, 0.15) is 17.3 Å². The van der Waals surface area contributed by atoms with Gasteiger partial charge in [0.15, 0.2) is 0 Å². The van der Waals surface area contributed by atoms with Gasteiger partial charge in [0.1, 0.15) is 0 Å². The fraction of sp³-hybridized carbons (Fsp3) is 0.0833. The molecule has 2 N–H and O–H groups in total. The number of pyridine rings is 1. The third-order valence-corrected chi connectivity index (χ3v) is 3.55. The maximum Gasteiger partial charge on any atom is 0.0802 e. The molecule has 2 rings (SSSR count). The molecule has 1 aromatic heterocycles. The van der Waals surface area contributed by atoms with Crippen molar-refractivity contribution in [3.63, 3.8) is 0 Å². The number of benzene rings is 1. The smallest absolute Gasteiger partial charge is 0.0802 e. The van der Waals surface area contributed by atoms with Crippen molar-refractivity contribution in [2.24, 2.45) is 5.73 Å². The highest BCUT2D eigenvalue weighted by atomic mass is 35.5. The number of aromatic nitrogens is 1. The van der Waals surface area contributed by atoms with Crippen LogP contribution >= 0.6 is 34.8 Å². The normalized spacial score (nSPS) is 12.5. The van der Waals surface area contributed by atoms with Crippen molar-refractivity contribution in [1.82, 2.24) is 4.98 Å². The van der Waals surface area contributed by atoms with Gasteiger partial charge in [-0.2, -0.15) is 0 Å². The van der Waals surface area contributed by atoms with E-state index in [1.54, 1.807) is 30.5 Å². The molecule has 0 radical (unpaired) electrons. The average molecular weight is 288 g/mol. The molecule has 0 aliphatic carbocycles. The zero-order chi connectivity index (χ0) is 12.4. The molecule has 1 heterocycles. The zero-order valence-electron chi connectivity index (χ0n) is 8.70. The molecule has 2 aromatic rings. The summed E-state index contributed by atoms with van der Waals surface area (Å²) in [7, 11) is 0. The predicted molar refractivity (Wildman–Crippen MR) is 71.7 cm³/mol. The molecule has 0 aliphatic rings. The molecular formula is C12H9Cl3N2. The van der Waals surface area contributed by atoms with E-state index in [1.807, 2.05) is 6.07 Å². The number of halogens is 3. The van der Waals surface area contributed by atoms with E-state index in [0.717, 1.165) is 0 Å². The summed E-state index contributed by atoms with van der Waals surface area (Å²) in [6.45, 7) is 0. The van der Waals surface area contributed by atoms with Crippen LogP contribution in [0.5, 0.6) is 0 Å². The van der Waals surface area contributed by atoms with Gasteiger partial charge >= 0.3 is 0 Å². The molecule has 88 valence electrons. The Labute approximate surface area is 114 Å². The van der Waals surface area contributed by atoms with E-state index >= 15 is 0 Å². The van der Waals surface area contributed by atoms with Gasteiger partial charge < -0.3 is 5.73 Å². The lowest BCUT2D eigenvalue weighted by Crippen LogP contribution is -2.14. The Balaban J connectivity index is 2.48. The second-order valence-corrected chi connectivity index (χ2v) is 4.68. The van der Waals surface area contributed by atoms with Crippen LogP contribution in [0.25, 0.3) is 0 Å². The van der Waals surface area contributed by atoms with E-state index in [4.69, 9.17) is 40.5 Å². The Morgan fingerprint density at radius 3 is 2.41 bits per heavy atom. The number of rotatable bonds is 2. The van der Waals surface area contributed by atoms with Crippen molar-refractivity contribution < 1.29 is 0 Å². The highest BCUT2D eigenvalue weighted by Gasteiger charge is 2.17. The molecule has 1 aromatic carbocycles. The van der Waals surface area contributed by atoms with Crippen LogP contribution < -0.4 is 5.73 Å². The van der Waals surface area contributed by atoms with E-state index in [1.165, 1.54) is 0 Å². The van der Waals surface area contributed by atoms with E-state index in [2.05, 4.69) is 4.98 Å². The van der Waals surface area contributed by atoms with Gasteiger partial charge in [-0.25, -0.2) is 0 Å². The Kier molecular flexibility index (Phi) is 3.89. The van der Waals surface area contributed by atoms with Gasteiger partial charge in [-0.15, -0.1) is 0 Å². The minimum absolute atomic E-state index is 0.434. The van der Waals surface area contributed by atoms with Crippen molar-refractivity contribution in [3.8, 4) is 0 Å².